The molecule has 0 saturated carbocycles. The number of methoxy groups -OCH3 is 3. The highest BCUT2D eigenvalue weighted by Gasteiger charge is 2.08. The van der Waals surface area contributed by atoms with E-state index in [1.807, 2.05) is 18.2 Å². The maximum atomic E-state index is 12.1. The van der Waals surface area contributed by atoms with Gasteiger partial charge in [0.05, 0.1) is 21.3 Å². The van der Waals surface area contributed by atoms with E-state index >= 15 is 0 Å². The maximum absolute atomic E-state index is 12.1. The predicted octanol–water partition coefficient (Wildman–Crippen LogP) is 2.64. The Labute approximate surface area is 129 Å². The van der Waals surface area contributed by atoms with Crippen molar-refractivity contribution in [3.63, 3.8) is 0 Å². The van der Waals surface area contributed by atoms with Crippen molar-refractivity contribution in [1.82, 2.24) is 5.32 Å². The molecule has 0 radical (unpaired) electrons. The molecule has 1 N–H and O–H groups in total. The molecule has 22 heavy (non-hydrogen) atoms. The molecule has 0 spiro atoms. The number of carbonyl (C=O) groups is 1. The van der Waals surface area contributed by atoms with Gasteiger partial charge in [0.2, 0.25) is 0 Å². The normalized spacial score (nSPS) is 9.95. The molecule has 2 rings (SSSR count). The first-order valence-electron chi connectivity index (χ1n) is 6.81. The van der Waals surface area contributed by atoms with Crippen molar-refractivity contribution in [2.24, 2.45) is 0 Å². The van der Waals surface area contributed by atoms with Crippen LogP contribution < -0.4 is 19.5 Å². The van der Waals surface area contributed by atoms with Crippen LogP contribution in [0.4, 0.5) is 0 Å². The van der Waals surface area contributed by atoms with Crippen molar-refractivity contribution in [2.45, 2.75) is 6.54 Å². The third kappa shape index (κ3) is 3.69. The molecule has 0 aliphatic heterocycles. The summed E-state index contributed by atoms with van der Waals surface area (Å²) >= 11 is 0. The highest BCUT2D eigenvalue weighted by Crippen LogP contribution is 2.27. The Balaban J connectivity index is 2.01. The molecule has 0 atom stereocenters. The van der Waals surface area contributed by atoms with Crippen LogP contribution in [0.3, 0.4) is 0 Å². The predicted molar refractivity (Wildman–Crippen MR) is 83.7 cm³/mol. The third-order valence-corrected chi connectivity index (χ3v) is 3.25. The van der Waals surface area contributed by atoms with E-state index in [-0.39, 0.29) is 5.91 Å². The first-order valence-corrected chi connectivity index (χ1v) is 6.81. The molecular formula is C17H19NO4. The van der Waals surface area contributed by atoms with E-state index in [0.717, 1.165) is 11.3 Å². The van der Waals surface area contributed by atoms with Gasteiger partial charge in [-0.15, -0.1) is 0 Å². The fourth-order valence-electron chi connectivity index (χ4n) is 2.02. The molecule has 0 heterocycles. The van der Waals surface area contributed by atoms with Gasteiger partial charge in [0.15, 0.2) is 11.5 Å². The maximum Gasteiger partial charge on any atom is 0.251 e. The first-order chi connectivity index (χ1) is 10.7. The molecule has 5 nitrogen and oxygen atoms in total. The van der Waals surface area contributed by atoms with Crippen LogP contribution in [0, 0.1) is 0 Å². The Hall–Kier alpha value is -2.69. The summed E-state index contributed by atoms with van der Waals surface area (Å²) in [6.45, 7) is 0.408. The molecule has 2 aromatic rings. The molecule has 0 unspecified atom stereocenters. The lowest BCUT2D eigenvalue weighted by molar-refractivity contribution is 0.0951. The van der Waals surface area contributed by atoms with E-state index in [0.29, 0.717) is 23.6 Å². The van der Waals surface area contributed by atoms with Crippen molar-refractivity contribution >= 4 is 5.91 Å². The Morgan fingerprint density at radius 1 is 0.909 bits per heavy atom. The monoisotopic (exact) mass is 301 g/mol. The van der Waals surface area contributed by atoms with E-state index < -0.39 is 0 Å². The highest BCUT2D eigenvalue weighted by atomic mass is 16.5. The Bertz CT molecular complexity index is 638. The molecular weight excluding hydrogens is 282 g/mol. The molecule has 2 aromatic carbocycles. The fraction of sp³-hybridized carbons (Fsp3) is 0.235. The number of ether oxygens (including phenoxy) is 3. The number of rotatable bonds is 6. The number of hydrogen-bond acceptors (Lipinski definition) is 4. The minimum absolute atomic E-state index is 0.141. The van der Waals surface area contributed by atoms with Gasteiger partial charge in [-0.2, -0.15) is 0 Å². The average Bonchev–Trinajstić information content (AvgIpc) is 2.59. The van der Waals surface area contributed by atoms with Gasteiger partial charge < -0.3 is 19.5 Å². The van der Waals surface area contributed by atoms with Crippen molar-refractivity contribution in [2.75, 3.05) is 21.3 Å². The SMILES string of the molecule is COc1ccc(C(=O)NCc2ccc(OC)c(OC)c2)cc1. The number of nitrogens with one attached hydrogen (secondary N) is 1. The van der Waals surface area contributed by atoms with Crippen molar-refractivity contribution in [1.29, 1.82) is 0 Å². The Morgan fingerprint density at radius 3 is 2.18 bits per heavy atom. The van der Waals surface area contributed by atoms with Gasteiger partial charge in [-0.25, -0.2) is 0 Å². The molecule has 0 saturated heterocycles. The summed E-state index contributed by atoms with van der Waals surface area (Å²) < 4.78 is 15.5. The van der Waals surface area contributed by atoms with Gasteiger partial charge in [0.1, 0.15) is 5.75 Å². The minimum atomic E-state index is -0.141. The molecule has 0 aromatic heterocycles. The van der Waals surface area contributed by atoms with Gasteiger partial charge in [-0.05, 0) is 42.0 Å². The molecule has 5 heteroatoms. The van der Waals surface area contributed by atoms with Gasteiger partial charge in [0, 0.05) is 12.1 Å². The lowest BCUT2D eigenvalue weighted by Crippen LogP contribution is -2.22. The second kappa shape index (κ2) is 7.36. The lowest BCUT2D eigenvalue weighted by atomic mass is 10.1. The topological polar surface area (TPSA) is 56.8 Å². The van der Waals surface area contributed by atoms with Crippen molar-refractivity contribution in [3.05, 3.63) is 53.6 Å². The molecule has 0 bridgehead atoms. The zero-order valence-corrected chi connectivity index (χ0v) is 12.9. The number of amides is 1. The fourth-order valence-corrected chi connectivity index (χ4v) is 2.02. The number of hydrogen-bond donors (Lipinski definition) is 1. The summed E-state index contributed by atoms with van der Waals surface area (Å²) in [5, 5.41) is 2.87. The second-order valence-electron chi connectivity index (χ2n) is 4.60. The zero-order valence-electron chi connectivity index (χ0n) is 12.9. The lowest BCUT2D eigenvalue weighted by Gasteiger charge is -2.10. The summed E-state index contributed by atoms with van der Waals surface area (Å²) in [5.41, 5.74) is 1.51. The summed E-state index contributed by atoms with van der Waals surface area (Å²) in [4.78, 5) is 12.1. The van der Waals surface area contributed by atoms with Crippen molar-refractivity contribution in [3.8, 4) is 17.2 Å². The van der Waals surface area contributed by atoms with Gasteiger partial charge in [0.25, 0.3) is 5.91 Å². The van der Waals surface area contributed by atoms with Crippen LogP contribution >= 0.6 is 0 Å². The van der Waals surface area contributed by atoms with Crippen LogP contribution in [0.1, 0.15) is 15.9 Å². The van der Waals surface area contributed by atoms with Crippen LogP contribution in [0.25, 0.3) is 0 Å². The second-order valence-corrected chi connectivity index (χ2v) is 4.60. The van der Waals surface area contributed by atoms with Crippen LogP contribution in [-0.2, 0) is 6.54 Å². The van der Waals surface area contributed by atoms with E-state index in [1.54, 1.807) is 45.6 Å². The zero-order chi connectivity index (χ0) is 15.9. The van der Waals surface area contributed by atoms with Gasteiger partial charge in [-0.3, -0.25) is 4.79 Å². The average molecular weight is 301 g/mol. The Kier molecular flexibility index (Phi) is 5.25. The van der Waals surface area contributed by atoms with Crippen molar-refractivity contribution < 1.29 is 19.0 Å². The summed E-state index contributed by atoms with van der Waals surface area (Å²) in [7, 11) is 4.76. The van der Waals surface area contributed by atoms with E-state index in [9.17, 15) is 4.79 Å². The van der Waals surface area contributed by atoms with E-state index in [1.165, 1.54) is 0 Å². The molecule has 1 amide bonds. The van der Waals surface area contributed by atoms with Crippen LogP contribution in [0.15, 0.2) is 42.5 Å². The van der Waals surface area contributed by atoms with Crippen LogP contribution in [0.2, 0.25) is 0 Å². The third-order valence-electron chi connectivity index (χ3n) is 3.25. The van der Waals surface area contributed by atoms with E-state index in [4.69, 9.17) is 14.2 Å². The van der Waals surface area contributed by atoms with Crippen LogP contribution in [0.5, 0.6) is 17.2 Å². The summed E-state index contributed by atoms with van der Waals surface area (Å²) in [5.74, 6) is 1.88. The summed E-state index contributed by atoms with van der Waals surface area (Å²) in [6, 6.07) is 12.5. The molecule has 0 aliphatic rings. The summed E-state index contributed by atoms with van der Waals surface area (Å²) in [6.07, 6.45) is 0. The van der Waals surface area contributed by atoms with Gasteiger partial charge >= 0.3 is 0 Å². The first kappa shape index (κ1) is 15.7. The van der Waals surface area contributed by atoms with Crippen LogP contribution in [-0.4, -0.2) is 27.2 Å². The largest absolute Gasteiger partial charge is 0.497 e. The molecule has 0 aliphatic carbocycles. The quantitative estimate of drug-likeness (QED) is 0.891. The number of carbonyl (C=O) groups excluding carboxylic acids is 1. The Morgan fingerprint density at radius 2 is 1.59 bits per heavy atom. The van der Waals surface area contributed by atoms with Gasteiger partial charge in [-0.1, -0.05) is 6.07 Å². The smallest absolute Gasteiger partial charge is 0.251 e. The molecule has 116 valence electrons. The minimum Gasteiger partial charge on any atom is -0.497 e. The number of benzene rings is 2. The highest BCUT2D eigenvalue weighted by molar-refractivity contribution is 5.94. The van der Waals surface area contributed by atoms with E-state index in [2.05, 4.69) is 5.32 Å². The molecule has 0 fully saturated rings. The standard InChI is InChI=1S/C17H19NO4/c1-20-14-7-5-13(6-8-14)17(19)18-11-12-4-9-15(21-2)16(10-12)22-3/h4-10H,11H2,1-3H3,(H,18,19).